The van der Waals surface area contributed by atoms with Crippen molar-refractivity contribution in [3.63, 3.8) is 0 Å². The fraction of sp³-hybridized carbons (Fsp3) is 0.238. The number of anilines is 1. The maximum Gasteiger partial charge on any atom is 0.341 e. The Kier molecular flexibility index (Phi) is 5.36. The van der Waals surface area contributed by atoms with Crippen LogP contribution < -0.4 is 4.90 Å². The van der Waals surface area contributed by atoms with Crippen molar-refractivity contribution in [3.05, 3.63) is 69.4 Å². The second-order valence-electron chi connectivity index (χ2n) is 6.94. The number of ether oxygens (including phenoxy) is 1. The van der Waals surface area contributed by atoms with E-state index in [0.29, 0.717) is 16.9 Å². The number of aromatic nitrogens is 1. The Morgan fingerprint density at radius 1 is 1.17 bits per heavy atom. The van der Waals surface area contributed by atoms with Crippen molar-refractivity contribution in [1.29, 1.82) is 0 Å². The van der Waals surface area contributed by atoms with E-state index in [-0.39, 0.29) is 17.0 Å². The molecule has 8 nitrogen and oxygen atoms in total. The van der Waals surface area contributed by atoms with Crippen molar-refractivity contribution in [2.24, 2.45) is 0 Å². The van der Waals surface area contributed by atoms with Gasteiger partial charge in [0, 0.05) is 48.4 Å². The number of hydrogen-bond donors (Lipinski definition) is 1. The molecule has 29 heavy (non-hydrogen) atoms. The molecule has 0 unspecified atom stereocenters. The third-order valence-electron chi connectivity index (χ3n) is 4.69. The molecule has 0 aliphatic carbocycles. The van der Waals surface area contributed by atoms with Gasteiger partial charge in [0.2, 0.25) is 5.78 Å². The highest BCUT2D eigenvalue weighted by Gasteiger charge is 2.27. The van der Waals surface area contributed by atoms with E-state index >= 15 is 0 Å². The zero-order chi connectivity index (χ0) is 21.3. The minimum atomic E-state index is -1.06. The number of para-hydroxylation sites is 1. The number of esters is 1. The minimum Gasteiger partial charge on any atom is -0.451 e. The van der Waals surface area contributed by atoms with Crippen LogP contribution in [0.3, 0.4) is 0 Å². The molecule has 0 saturated heterocycles. The van der Waals surface area contributed by atoms with Gasteiger partial charge in [-0.3, -0.25) is 14.9 Å². The van der Waals surface area contributed by atoms with Gasteiger partial charge >= 0.3 is 5.97 Å². The van der Waals surface area contributed by atoms with E-state index in [9.17, 15) is 19.7 Å². The number of rotatable bonds is 6. The first-order valence-electron chi connectivity index (χ1n) is 8.99. The average Bonchev–Trinajstić information content (AvgIpc) is 3.02. The van der Waals surface area contributed by atoms with Crippen molar-refractivity contribution in [2.45, 2.75) is 20.0 Å². The molecule has 1 atom stereocenters. The average molecular weight is 395 g/mol. The lowest BCUT2D eigenvalue weighted by molar-refractivity contribution is -0.384. The van der Waals surface area contributed by atoms with Crippen LogP contribution in [0, 0.1) is 17.0 Å². The molecule has 0 aliphatic heterocycles. The summed E-state index contributed by atoms with van der Waals surface area (Å²) in [6.45, 7) is 3.28. The van der Waals surface area contributed by atoms with Gasteiger partial charge in [0.1, 0.15) is 0 Å². The van der Waals surface area contributed by atoms with Gasteiger partial charge in [0.05, 0.1) is 16.2 Å². The number of nitrogens with zero attached hydrogens (tertiary/aromatic N) is 2. The minimum absolute atomic E-state index is 0.0273. The molecule has 1 heterocycles. The Hall–Kier alpha value is -3.68. The molecule has 0 bridgehead atoms. The molecule has 3 aromatic rings. The Bertz CT molecular complexity index is 1120. The summed E-state index contributed by atoms with van der Waals surface area (Å²) in [6.07, 6.45) is -1.06. The molecule has 150 valence electrons. The van der Waals surface area contributed by atoms with Gasteiger partial charge in [-0.2, -0.15) is 0 Å². The summed E-state index contributed by atoms with van der Waals surface area (Å²) < 4.78 is 5.40. The number of nitro groups is 1. The number of benzene rings is 2. The Labute approximate surface area is 167 Å². The number of hydrogen-bond acceptors (Lipinski definition) is 6. The molecule has 0 radical (unpaired) electrons. The number of fused-ring (bicyclic) bond motifs is 1. The largest absolute Gasteiger partial charge is 0.451 e. The van der Waals surface area contributed by atoms with Crippen LogP contribution in [-0.2, 0) is 4.74 Å². The van der Waals surface area contributed by atoms with E-state index in [2.05, 4.69) is 4.98 Å². The number of Topliss-reactive ketones (excluding diaryl/α,β-unsaturated/α-hetero) is 1. The number of non-ortho nitro benzene ring substituents is 1. The highest BCUT2D eigenvalue weighted by molar-refractivity contribution is 6.12. The molecule has 3 rings (SSSR count). The molecular weight excluding hydrogens is 374 g/mol. The first-order chi connectivity index (χ1) is 13.7. The first-order valence-corrected chi connectivity index (χ1v) is 8.99. The third kappa shape index (κ3) is 3.82. The summed E-state index contributed by atoms with van der Waals surface area (Å²) >= 11 is 0. The van der Waals surface area contributed by atoms with Crippen LogP contribution in [0.25, 0.3) is 10.9 Å². The highest BCUT2D eigenvalue weighted by atomic mass is 16.6. The van der Waals surface area contributed by atoms with Gasteiger partial charge in [-0.25, -0.2) is 4.79 Å². The molecule has 1 aromatic heterocycles. The van der Waals surface area contributed by atoms with Gasteiger partial charge in [0.25, 0.3) is 5.69 Å². The number of H-pyrrole nitrogens is 1. The Morgan fingerprint density at radius 3 is 2.52 bits per heavy atom. The van der Waals surface area contributed by atoms with E-state index in [1.54, 1.807) is 25.9 Å². The van der Waals surface area contributed by atoms with E-state index in [1.807, 2.05) is 24.3 Å². The number of ketones is 1. The van der Waals surface area contributed by atoms with Crippen molar-refractivity contribution in [2.75, 3.05) is 19.0 Å². The second kappa shape index (κ2) is 7.75. The summed E-state index contributed by atoms with van der Waals surface area (Å²) in [6, 6.07) is 11.3. The van der Waals surface area contributed by atoms with E-state index < -0.39 is 17.0 Å². The van der Waals surface area contributed by atoms with Crippen LogP contribution in [0.4, 0.5) is 11.4 Å². The summed E-state index contributed by atoms with van der Waals surface area (Å²) in [5.74, 6) is -1.14. The normalized spacial score (nSPS) is 11.9. The van der Waals surface area contributed by atoms with Crippen LogP contribution in [0.5, 0.6) is 0 Å². The smallest absolute Gasteiger partial charge is 0.341 e. The SMILES string of the molecule is Cc1[nH]c2ccccc2c1C(=O)[C@@H](C)OC(=O)c1cc([N+](=O)[O-])ccc1N(C)C. The predicted octanol–water partition coefficient (Wildman–Crippen LogP) is 3.88. The molecular formula is C21H21N3O5. The van der Waals surface area contributed by atoms with E-state index in [4.69, 9.17) is 4.74 Å². The number of aromatic amines is 1. The molecule has 8 heteroatoms. The maximum absolute atomic E-state index is 13.0. The zero-order valence-electron chi connectivity index (χ0n) is 16.6. The lowest BCUT2D eigenvalue weighted by Crippen LogP contribution is -2.26. The molecule has 2 aromatic carbocycles. The Morgan fingerprint density at radius 2 is 1.86 bits per heavy atom. The molecule has 0 fully saturated rings. The van der Waals surface area contributed by atoms with E-state index in [0.717, 1.165) is 17.0 Å². The van der Waals surface area contributed by atoms with Gasteiger partial charge in [-0.15, -0.1) is 0 Å². The number of carbonyl (C=O) groups excluding carboxylic acids is 2. The summed E-state index contributed by atoms with van der Waals surface area (Å²) in [4.78, 5) is 41.0. The Balaban J connectivity index is 1.90. The second-order valence-corrected chi connectivity index (χ2v) is 6.94. The van der Waals surface area contributed by atoms with Crippen LogP contribution in [0.15, 0.2) is 42.5 Å². The van der Waals surface area contributed by atoms with Crippen molar-refractivity contribution in [3.8, 4) is 0 Å². The standard InChI is InChI=1S/C21H21N3O5/c1-12-19(15-7-5-6-8-17(15)22-12)20(25)13(2)29-21(26)16-11-14(24(27)28)9-10-18(16)23(3)4/h5-11,13,22H,1-4H3/t13-/m1/s1. The van der Waals surface area contributed by atoms with Crippen molar-refractivity contribution >= 4 is 34.0 Å². The van der Waals surface area contributed by atoms with Crippen LogP contribution >= 0.6 is 0 Å². The number of nitro benzene ring substituents is 1. The number of nitrogens with one attached hydrogen (secondary N) is 1. The fourth-order valence-corrected chi connectivity index (χ4v) is 3.27. The maximum atomic E-state index is 13.0. The van der Waals surface area contributed by atoms with Gasteiger partial charge in [-0.1, -0.05) is 18.2 Å². The molecule has 0 spiro atoms. The summed E-state index contributed by atoms with van der Waals surface area (Å²) in [5, 5.41) is 11.8. The summed E-state index contributed by atoms with van der Waals surface area (Å²) in [7, 11) is 3.42. The third-order valence-corrected chi connectivity index (χ3v) is 4.69. The van der Waals surface area contributed by atoms with Crippen LogP contribution in [0.1, 0.15) is 33.3 Å². The quantitative estimate of drug-likeness (QED) is 0.294. The lowest BCUT2D eigenvalue weighted by atomic mass is 10.0. The van der Waals surface area contributed by atoms with Crippen molar-refractivity contribution in [1.82, 2.24) is 4.98 Å². The molecule has 1 N–H and O–H groups in total. The lowest BCUT2D eigenvalue weighted by Gasteiger charge is -2.18. The number of carbonyl (C=O) groups is 2. The first kappa shape index (κ1) is 20.1. The highest BCUT2D eigenvalue weighted by Crippen LogP contribution is 2.27. The molecule has 0 saturated carbocycles. The predicted molar refractivity (Wildman–Crippen MR) is 110 cm³/mol. The monoisotopic (exact) mass is 395 g/mol. The number of aryl methyl sites for hydroxylation is 1. The van der Waals surface area contributed by atoms with E-state index in [1.165, 1.54) is 19.1 Å². The summed E-state index contributed by atoms with van der Waals surface area (Å²) in [5.41, 5.74) is 2.23. The molecule has 0 aliphatic rings. The topological polar surface area (TPSA) is 106 Å². The van der Waals surface area contributed by atoms with Crippen LogP contribution in [-0.4, -0.2) is 41.9 Å². The fourth-order valence-electron chi connectivity index (χ4n) is 3.27. The zero-order valence-corrected chi connectivity index (χ0v) is 16.6. The van der Waals surface area contributed by atoms with Gasteiger partial charge < -0.3 is 14.6 Å². The van der Waals surface area contributed by atoms with Gasteiger partial charge in [0.15, 0.2) is 6.10 Å². The van der Waals surface area contributed by atoms with Crippen LogP contribution in [0.2, 0.25) is 0 Å². The van der Waals surface area contributed by atoms with Gasteiger partial charge in [-0.05, 0) is 26.0 Å². The molecule has 0 amide bonds. The van der Waals surface area contributed by atoms with Crippen molar-refractivity contribution < 1.29 is 19.2 Å².